The van der Waals surface area contributed by atoms with Crippen LogP contribution in [0.1, 0.15) is 5.56 Å². The van der Waals surface area contributed by atoms with Crippen LogP contribution in [0.25, 0.3) is 0 Å². The van der Waals surface area contributed by atoms with Gasteiger partial charge in [0.05, 0.1) is 12.1 Å². The summed E-state index contributed by atoms with van der Waals surface area (Å²) < 4.78 is 36.8. The largest absolute Gasteiger partial charge is 0.348 e. The van der Waals surface area contributed by atoms with E-state index in [0.29, 0.717) is 0 Å². The predicted molar refractivity (Wildman–Crippen MR) is 51.1 cm³/mol. The van der Waals surface area contributed by atoms with Crippen molar-refractivity contribution in [3.8, 4) is 0 Å². The van der Waals surface area contributed by atoms with E-state index in [2.05, 4.69) is 0 Å². The molecule has 0 spiro atoms. The van der Waals surface area contributed by atoms with Crippen LogP contribution in [0, 0.1) is 11.6 Å². The summed E-state index contributed by atoms with van der Waals surface area (Å²) in [6, 6.07) is 3.52. The molecule has 0 bridgehead atoms. The van der Waals surface area contributed by atoms with E-state index >= 15 is 0 Å². The zero-order valence-corrected chi connectivity index (χ0v) is 8.59. The van der Waals surface area contributed by atoms with Crippen molar-refractivity contribution >= 4 is 0 Å². The SMILES string of the molecule is COC(CN)(OC)c1c(F)cccc1F. The molecule has 0 aliphatic rings. The number of halogens is 2. The normalized spacial score (nSPS) is 11.8. The van der Waals surface area contributed by atoms with Gasteiger partial charge in [-0.05, 0) is 12.1 Å². The number of nitrogens with two attached hydrogens (primary N) is 1. The standard InChI is InChI=1S/C10H13F2NO2/c1-14-10(6-13,15-2)9-7(11)4-3-5-8(9)12/h3-5H,6,13H2,1-2H3. The van der Waals surface area contributed by atoms with E-state index in [1.165, 1.54) is 20.3 Å². The quantitative estimate of drug-likeness (QED) is 0.775. The van der Waals surface area contributed by atoms with Crippen molar-refractivity contribution in [3.63, 3.8) is 0 Å². The first-order chi connectivity index (χ1) is 7.11. The maximum Gasteiger partial charge on any atom is 0.212 e. The summed E-state index contributed by atoms with van der Waals surface area (Å²) in [5, 5.41) is 0. The molecule has 15 heavy (non-hydrogen) atoms. The highest BCUT2D eigenvalue weighted by Crippen LogP contribution is 2.29. The first-order valence-electron chi connectivity index (χ1n) is 4.36. The molecule has 84 valence electrons. The van der Waals surface area contributed by atoms with Gasteiger partial charge in [-0.15, -0.1) is 0 Å². The maximum absolute atomic E-state index is 13.5. The lowest BCUT2D eigenvalue weighted by Crippen LogP contribution is -2.40. The minimum Gasteiger partial charge on any atom is -0.348 e. The van der Waals surface area contributed by atoms with Crippen LogP contribution >= 0.6 is 0 Å². The Morgan fingerprint density at radius 1 is 1.20 bits per heavy atom. The molecule has 0 amide bonds. The third kappa shape index (κ3) is 1.99. The van der Waals surface area contributed by atoms with Crippen molar-refractivity contribution in [1.29, 1.82) is 0 Å². The molecule has 0 aliphatic carbocycles. The second-order valence-corrected chi connectivity index (χ2v) is 2.96. The Kier molecular flexibility index (Phi) is 3.73. The fraction of sp³-hybridized carbons (Fsp3) is 0.400. The third-order valence-corrected chi connectivity index (χ3v) is 2.27. The van der Waals surface area contributed by atoms with Gasteiger partial charge in [-0.25, -0.2) is 8.78 Å². The summed E-state index contributed by atoms with van der Waals surface area (Å²) in [4.78, 5) is 0. The Morgan fingerprint density at radius 2 is 1.67 bits per heavy atom. The summed E-state index contributed by atoms with van der Waals surface area (Å²) in [6.45, 7) is -0.183. The molecule has 2 N–H and O–H groups in total. The van der Waals surface area contributed by atoms with Gasteiger partial charge in [-0.3, -0.25) is 0 Å². The molecule has 0 unspecified atom stereocenters. The van der Waals surface area contributed by atoms with Gasteiger partial charge in [0.15, 0.2) is 0 Å². The molecule has 0 heterocycles. The van der Waals surface area contributed by atoms with E-state index in [0.717, 1.165) is 12.1 Å². The average Bonchev–Trinajstić information content (AvgIpc) is 2.24. The second kappa shape index (κ2) is 4.65. The molecule has 0 fully saturated rings. The van der Waals surface area contributed by atoms with E-state index < -0.39 is 17.4 Å². The summed E-state index contributed by atoms with van der Waals surface area (Å²) >= 11 is 0. The molecule has 0 atom stereocenters. The summed E-state index contributed by atoms with van der Waals surface area (Å²) in [6.07, 6.45) is 0. The molecule has 0 radical (unpaired) electrons. The smallest absolute Gasteiger partial charge is 0.212 e. The number of rotatable bonds is 4. The Hall–Kier alpha value is -1.04. The van der Waals surface area contributed by atoms with Crippen LogP contribution in [0.3, 0.4) is 0 Å². The fourth-order valence-corrected chi connectivity index (χ4v) is 1.42. The monoisotopic (exact) mass is 217 g/mol. The van der Waals surface area contributed by atoms with Crippen molar-refractivity contribution in [3.05, 3.63) is 35.4 Å². The Labute approximate surface area is 86.8 Å². The van der Waals surface area contributed by atoms with Gasteiger partial charge < -0.3 is 15.2 Å². The van der Waals surface area contributed by atoms with Gasteiger partial charge in [0.1, 0.15) is 11.6 Å². The van der Waals surface area contributed by atoms with Crippen molar-refractivity contribution in [2.24, 2.45) is 5.73 Å². The molecule has 0 aliphatic heterocycles. The van der Waals surface area contributed by atoms with Crippen molar-refractivity contribution in [1.82, 2.24) is 0 Å². The highest BCUT2D eigenvalue weighted by Gasteiger charge is 2.36. The lowest BCUT2D eigenvalue weighted by atomic mass is 10.0. The molecule has 0 saturated carbocycles. The van der Waals surface area contributed by atoms with Gasteiger partial charge in [0, 0.05) is 14.2 Å². The highest BCUT2D eigenvalue weighted by molar-refractivity contribution is 5.25. The van der Waals surface area contributed by atoms with Gasteiger partial charge in [-0.1, -0.05) is 6.07 Å². The van der Waals surface area contributed by atoms with Gasteiger partial charge in [-0.2, -0.15) is 0 Å². The van der Waals surface area contributed by atoms with Crippen LogP contribution in [-0.4, -0.2) is 20.8 Å². The Bertz CT molecular complexity index is 312. The molecule has 3 nitrogen and oxygen atoms in total. The van der Waals surface area contributed by atoms with E-state index in [1.807, 2.05) is 0 Å². The van der Waals surface area contributed by atoms with Gasteiger partial charge in [0.25, 0.3) is 0 Å². The number of hydrogen-bond donors (Lipinski definition) is 1. The van der Waals surface area contributed by atoms with Gasteiger partial charge >= 0.3 is 0 Å². The van der Waals surface area contributed by atoms with Crippen LogP contribution in [-0.2, 0) is 15.3 Å². The van der Waals surface area contributed by atoms with E-state index in [9.17, 15) is 8.78 Å². The zero-order chi connectivity index (χ0) is 11.5. The number of ether oxygens (including phenoxy) is 2. The van der Waals surface area contributed by atoms with E-state index in [1.54, 1.807) is 0 Å². The van der Waals surface area contributed by atoms with Crippen molar-refractivity contribution in [2.75, 3.05) is 20.8 Å². The first-order valence-corrected chi connectivity index (χ1v) is 4.36. The molecule has 5 heteroatoms. The molecule has 1 aromatic rings. The minimum atomic E-state index is -1.57. The predicted octanol–water partition coefficient (Wildman–Crippen LogP) is 1.37. The number of methoxy groups -OCH3 is 2. The second-order valence-electron chi connectivity index (χ2n) is 2.96. The first kappa shape index (κ1) is 12.0. The van der Waals surface area contributed by atoms with Crippen molar-refractivity contribution in [2.45, 2.75) is 5.79 Å². The van der Waals surface area contributed by atoms with Crippen LogP contribution in [0.4, 0.5) is 8.78 Å². The average molecular weight is 217 g/mol. The number of hydrogen-bond acceptors (Lipinski definition) is 3. The lowest BCUT2D eigenvalue weighted by molar-refractivity contribution is -0.211. The Morgan fingerprint density at radius 3 is 2.00 bits per heavy atom. The van der Waals surface area contributed by atoms with Gasteiger partial charge in [0.2, 0.25) is 5.79 Å². The summed E-state index contributed by atoms with van der Waals surface area (Å²) in [5.74, 6) is -3.07. The summed E-state index contributed by atoms with van der Waals surface area (Å²) in [7, 11) is 2.56. The van der Waals surface area contributed by atoms with Crippen LogP contribution < -0.4 is 5.73 Å². The fourth-order valence-electron chi connectivity index (χ4n) is 1.42. The molecular weight excluding hydrogens is 204 g/mol. The molecule has 0 aromatic heterocycles. The maximum atomic E-state index is 13.5. The van der Waals surface area contributed by atoms with Crippen molar-refractivity contribution < 1.29 is 18.3 Å². The molecular formula is C10H13F2NO2. The van der Waals surface area contributed by atoms with E-state index in [-0.39, 0.29) is 12.1 Å². The lowest BCUT2D eigenvalue weighted by Gasteiger charge is -2.30. The number of benzene rings is 1. The van der Waals surface area contributed by atoms with Crippen LogP contribution in [0.5, 0.6) is 0 Å². The van der Waals surface area contributed by atoms with Crippen LogP contribution in [0.15, 0.2) is 18.2 Å². The summed E-state index contributed by atoms with van der Waals surface area (Å²) in [5.41, 5.74) is 5.11. The highest BCUT2D eigenvalue weighted by atomic mass is 19.1. The Balaban J connectivity index is 3.34. The van der Waals surface area contributed by atoms with E-state index in [4.69, 9.17) is 15.2 Å². The molecule has 1 aromatic carbocycles. The zero-order valence-electron chi connectivity index (χ0n) is 8.59. The topological polar surface area (TPSA) is 44.5 Å². The molecule has 0 saturated heterocycles. The van der Waals surface area contributed by atoms with Crippen LogP contribution in [0.2, 0.25) is 0 Å². The molecule has 1 rings (SSSR count). The third-order valence-electron chi connectivity index (χ3n) is 2.27. The minimum absolute atomic E-state index is 0.183.